The minimum Gasteiger partial charge on any atom is -0.326 e. The number of carbonyl (C=O) groups excluding carboxylic acids is 1. The number of carbonyl (C=O) groups is 1. The molecule has 3 heteroatoms. The van der Waals surface area contributed by atoms with E-state index in [1.807, 2.05) is 12.1 Å². The SMILES string of the molecule is C=CCC(=O)Nc1ccc2c(c1)CNCC2. The molecule has 2 rings (SSSR count). The molecule has 1 aromatic rings. The van der Waals surface area contributed by atoms with Crippen LogP contribution in [0.2, 0.25) is 0 Å². The molecule has 16 heavy (non-hydrogen) atoms. The molecule has 0 aromatic heterocycles. The normalized spacial score (nSPS) is 14.0. The van der Waals surface area contributed by atoms with Crippen LogP contribution < -0.4 is 10.6 Å². The molecule has 0 radical (unpaired) electrons. The van der Waals surface area contributed by atoms with Gasteiger partial charge in [-0.05, 0) is 36.2 Å². The summed E-state index contributed by atoms with van der Waals surface area (Å²) in [4.78, 5) is 11.4. The second-order valence-electron chi connectivity index (χ2n) is 3.95. The van der Waals surface area contributed by atoms with Crippen molar-refractivity contribution in [2.75, 3.05) is 11.9 Å². The number of rotatable bonds is 3. The Balaban J connectivity index is 2.11. The topological polar surface area (TPSA) is 41.1 Å². The van der Waals surface area contributed by atoms with Crippen LogP contribution in [0.1, 0.15) is 17.5 Å². The van der Waals surface area contributed by atoms with E-state index in [0.717, 1.165) is 25.2 Å². The summed E-state index contributed by atoms with van der Waals surface area (Å²) in [6.07, 6.45) is 3.03. The summed E-state index contributed by atoms with van der Waals surface area (Å²) in [5, 5.41) is 6.17. The molecule has 0 aliphatic carbocycles. The summed E-state index contributed by atoms with van der Waals surface area (Å²) in [7, 11) is 0. The largest absolute Gasteiger partial charge is 0.326 e. The second kappa shape index (κ2) is 4.94. The van der Waals surface area contributed by atoms with E-state index in [1.165, 1.54) is 11.1 Å². The van der Waals surface area contributed by atoms with Crippen LogP contribution in [0, 0.1) is 0 Å². The second-order valence-corrected chi connectivity index (χ2v) is 3.95. The number of hydrogen-bond donors (Lipinski definition) is 2. The maximum Gasteiger partial charge on any atom is 0.228 e. The van der Waals surface area contributed by atoms with Crippen LogP contribution in [0.25, 0.3) is 0 Å². The predicted octanol–water partition coefficient (Wildman–Crippen LogP) is 1.85. The van der Waals surface area contributed by atoms with E-state index >= 15 is 0 Å². The molecule has 1 aromatic carbocycles. The van der Waals surface area contributed by atoms with Gasteiger partial charge in [0.25, 0.3) is 0 Å². The van der Waals surface area contributed by atoms with Gasteiger partial charge in [-0.25, -0.2) is 0 Å². The van der Waals surface area contributed by atoms with Crippen molar-refractivity contribution in [3.63, 3.8) is 0 Å². The molecule has 1 aliphatic rings. The van der Waals surface area contributed by atoms with Gasteiger partial charge in [-0.15, -0.1) is 6.58 Å². The van der Waals surface area contributed by atoms with Gasteiger partial charge in [0.1, 0.15) is 0 Å². The molecule has 0 saturated heterocycles. The number of amides is 1. The lowest BCUT2D eigenvalue weighted by molar-refractivity contribution is -0.115. The van der Waals surface area contributed by atoms with Gasteiger partial charge in [-0.3, -0.25) is 4.79 Å². The third kappa shape index (κ3) is 2.49. The van der Waals surface area contributed by atoms with Crippen molar-refractivity contribution in [2.24, 2.45) is 0 Å². The van der Waals surface area contributed by atoms with Gasteiger partial charge >= 0.3 is 0 Å². The standard InChI is InChI=1S/C13H16N2O/c1-2-3-13(16)15-12-5-4-10-6-7-14-9-11(10)8-12/h2,4-5,8,14H,1,3,6-7,9H2,(H,15,16). The van der Waals surface area contributed by atoms with Crippen LogP contribution >= 0.6 is 0 Å². The fourth-order valence-corrected chi connectivity index (χ4v) is 1.90. The van der Waals surface area contributed by atoms with E-state index in [0.29, 0.717) is 6.42 Å². The van der Waals surface area contributed by atoms with Crippen molar-refractivity contribution in [2.45, 2.75) is 19.4 Å². The number of hydrogen-bond acceptors (Lipinski definition) is 2. The lowest BCUT2D eigenvalue weighted by atomic mass is 10.0. The first-order valence-corrected chi connectivity index (χ1v) is 5.53. The Hall–Kier alpha value is -1.61. The van der Waals surface area contributed by atoms with Crippen molar-refractivity contribution in [1.82, 2.24) is 5.32 Å². The van der Waals surface area contributed by atoms with Crippen molar-refractivity contribution >= 4 is 11.6 Å². The van der Waals surface area contributed by atoms with Crippen LogP contribution in [0.15, 0.2) is 30.9 Å². The lowest BCUT2D eigenvalue weighted by Gasteiger charge is -2.18. The lowest BCUT2D eigenvalue weighted by Crippen LogP contribution is -2.23. The zero-order valence-corrected chi connectivity index (χ0v) is 9.25. The fraction of sp³-hybridized carbons (Fsp3) is 0.308. The molecule has 0 spiro atoms. The first-order chi connectivity index (χ1) is 7.79. The summed E-state index contributed by atoms with van der Waals surface area (Å²) in [6, 6.07) is 6.10. The van der Waals surface area contributed by atoms with Crippen molar-refractivity contribution in [1.29, 1.82) is 0 Å². The van der Waals surface area contributed by atoms with Gasteiger partial charge in [0.15, 0.2) is 0 Å². The molecule has 0 saturated carbocycles. The maximum absolute atomic E-state index is 11.4. The number of benzene rings is 1. The molecular weight excluding hydrogens is 200 g/mol. The molecule has 2 N–H and O–H groups in total. The van der Waals surface area contributed by atoms with Crippen LogP contribution in [0.5, 0.6) is 0 Å². The molecule has 0 fully saturated rings. The molecule has 1 aliphatic heterocycles. The Bertz CT molecular complexity index is 412. The van der Waals surface area contributed by atoms with Gasteiger partial charge in [0, 0.05) is 18.7 Å². The zero-order valence-electron chi connectivity index (χ0n) is 9.25. The molecule has 0 unspecified atom stereocenters. The van der Waals surface area contributed by atoms with Gasteiger partial charge < -0.3 is 10.6 Å². The van der Waals surface area contributed by atoms with E-state index in [4.69, 9.17) is 0 Å². The van der Waals surface area contributed by atoms with E-state index in [-0.39, 0.29) is 5.91 Å². The summed E-state index contributed by atoms with van der Waals surface area (Å²) < 4.78 is 0. The Morgan fingerprint density at radius 3 is 3.19 bits per heavy atom. The first-order valence-electron chi connectivity index (χ1n) is 5.53. The molecule has 84 valence electrons. The molecular formula is C13H16N2O. The molecule has 1 amide bonds. The average Bonchev–Trinajstić information content (AvgIpc) is 2.29. The monoisotopic (exact) mass is 216 g/mol. The number of fused-ring (bicyclic) bond motifs is 1. The van der Waals surface area contributed by atoms with Gasteiger partial charge in [-0.1, -0.05) is 12.1 Å². The molecule has 1 heterocycles. The van der Waals surface area contributed by atoms with Crippen LogP contribution in [0.3, 0.4) is 0 Å². The Labute approximate surface area is 95.6 Å². The quantitative estimate of drug-likeness (QED) is 0.757. The molecule has 3 nitrogen and oxygen atoms in total. The third-order valence-electron chi connectivity index (χ3n) is 2.71. The summed E-state index contributed by atoms with van der Waals surface area (Å²) in [5.74, 6) is -0.0151. The summed E-state index contributed by atoms with van der Waals surface area (Å²) in [5.41, 5.74) is 3.53. The van der Waals surface area contributed by atoms with E-state index in [9.17, 15) is 4.79 Å². The van der Waals surface area contributed by atoms with Gasteiger partial charge in [-0.2, -0.15) is 0 Å². The van der Waals surface area contributed by atoms with Crippen LogP contribution in [-0.4, -0.2) is 12.5 Å². The molecule has 0 bridgehead atoms. The van der Waals surface area contributed by atoms with Gasteiger partial charge in [0.2, 0.25) is 5.91 Å². The number of nitrogens with one attached hydrogen (secondary N) is 2. The van der Waals surface area contributed by atoms with Crippen LogP contribution in [-0.2, 0) is 17.8 Å². The summed E-state index contributed by atoms with van der Waals surface area (Å²) in [6.45, 7) is 5.47. The first kappa shape index (κ1) is 10.9. The minimum absolute atomic E-state index is 0.0151. The Kier molecular flexibility index (Phi) is 3.37. The highest BCUT2D eigenvalue weighted by Crippen LogP contribution is 2.19. The minimum atomic E-state index is -0.0151. The third-order valence-corrected chi connectivity index (χ3v) is 2.71. The highest BCUT2D eigenvalue weighted by atomic mass is 16.1. The van der Waals surface area contributed by atoms with Crippen molar-refractivity contribution in [3.8, 4) is 0 Å². The maximum atomic E-state index is 11.4. The highest BCUT2D eigenvalue weighted by Gasteiger charge is 2.09. The number of anilines is 1. The Morgan fingerprint density at radius 2 is 2.38 bits per heavy atom. The smallest absolute Gasteiger partial charge is 0.228 e. The van der Waals surface area contributed by atoms with Crippen molar-refractivity contribution in [3.05, 3.63) is 42.0 Å². The van der Waals surface area contributed by atoms with Crippen LogP contribution in [0.4, 0.5) is 5.69 Å². The van der Waals surface area contributed by atoms with Crippen molar-refractivity contribution < 1.29 is 4.79 Å². The highest BCUT2D eigenvalue weighted by molar-refractivity contribution is 5.91. The average molecular weight is 216 g/mol. The van der Waals surface area contributed by atoms with E-state index < -0.39 is 0 Å². The predicted molar refractivity (Wildman–Crippen MR) is 65.3 cm³/mol. The molecule has 0 atom stereocenters. The van der Waals surface area contributed by atoms with E-state index in [2.05, 4.69) is 23.3 Å². The Morgan fingerprint density at radius 1 is 1.50 bits per heavy atom. The van der Waals surface area contributed by atoms with Gasteiger partial charge in [0.05, 0.1) is 0 Å². The fourth-order valence-electron chi connectivity index (χ4n) is 1.90. The zero-order chi connectivity index (χ0) is 11.4. The van der Waals surface area contributed by atoms with E-state index in [1.54, 1.807) is 6.08 Å². The summed E-state index contributed by atoms with van der Waals surface area (Å²) >= 11 is 0.